The Bertz CT molecular complexity index is 781. The quantitative estimate of drug-likeness (QED) is 0.508. The van der Waals surface area contributed by atoms with Crippen LogP contribution in [-0.4, -0.2) is 27.8 Å². The number of aromatic amines is 1. The highest BCUT2D eigenvalue weighted by molar-refractivity contribution is 8.00. The highest BCUT2D eigenvalue weighted by atomic mass is 32.2. The molecular weight excluding hydrogens is 332 g/mol. The molecule has 1 aliphatic carbocycles. The van der Waals surface area contributed by atoms with E-state index >= 15 is 0 Å². The number of nitrogens with one attached hydrogen (secondary N) is 1. The fourth-order valence-corrected chi connectivity index (χ4v) is 4.85. The normalized spacial score (nSPS) is 15.4. The van der Waals surface area contributed by atoms with Crippen molar-refractivity contribution in [2.75, 3.05) is 6.61 Å². The lowest BCUT2D eigenvalue weighted by atomic mass is 9.97. The van der Waals surface area contributed by atoms with E-state index in [9.17, 15) is 9.59 Å². The summed E-state index contributed by atoms with van der Waals surface area (Å²) >= 11 is 2.86. The van der Waals surface area contributed by atoms with Crippen molar-refractivity contribution >= 4 is 39.3 Å². The predicted molar refractivity (Wildman–Crippen MR) is 93.5 cm³/mol. The van der Waals surface area contributed by atoms with Crippen LogP contribution in [0.3, 0.4) is 0 Å². The van der Waals surface area contributed by atoms with E-state index in [0.29, 0.717) is 11.8 Å². The van der Waals surface area contributed by atoms with Crippen LogP contribution in [0.15, 0.2) is 9.95 Å². The van der Waals surface area contributed by atoms with Crippen LogP contribution in [0.1, 0.15) is 43.6 Å². The number of carbonyl (C=O) groups excluding carboxylic acids is 1. The average molecular weight is 352 g/mol. The second-order valence-corrected chi connectivity index (χ2v) is 8.10. The molecule has 5 nitrogen and oxygen atoms in total. The lowest BCUT2D eigenvalue weighted by molar-refractivity contribution is -0.142. The van der Waals surface area contributed by atoms with Crippen LogP contribution in [-0.2, 0) is 22.4 Å². The SMILES string of the molecule is CCCOC(=O)C(C)Sc1nc2sc3c(c2c(=O)[nH]1)CCCC3. The zero-order chi connectivity index (χ0) is 16.4. The summed E-state index contributed by atoms with van der Waals surface area (Å²) in [6, 6.07) is 0. The summed E-state index contributed by atoms with van der Waals surface area (Å²) in [6.45, 7) is 4.15. The van der Waals surface area contributed by atoms with Crippen molar-refractivity contribution in [1.29, 1.82) is 0 Å². The first kappa shape index (κ1) is 16.5. The summed E-state index contributed by atoms with van der Waals surface area (Å²) in [7, 11) is 0. The fourth-order valence-electron chi connectivity index (χ4n) is 2.74. The molecule has 0 fully saturated rings. The molecule has 2 aromatic rings. The number of H-pyrrole nitrogens is 1. The first-order chi connectivity index (χ1) is 11.1. The van der Waals surface area contributed by atoms with Gasteiger partial charge < -0.3 is 9.72 Å². The minimum absolute atomic E-state index is 0.0916. The van der Waals surface area contributed by atoms with Crippen LogP contribution in [0.2, 0.25) is 0 Å². The van der Waals surface area contributed by atoms with Crippen molar-refractivity contribution in [3.63, 3.8) is 0 Å². The predicted octanol–water partition coefficient (Wildman–Crippen LogP) is 3.30. The van der Waals surface area contributed by atoms with Crippen molar-refractivity contribution in [2.24, 2.45) is 0 Å². The van der Waals surface area contributed by atoms with Gasteiger partial charge in [-0.25, -0.2) is 4.98 Å². The second kappa shape index (κ2) is 7.05. The van der Waals surface area contributed by atoms with Gasteiger partial charge in [0.25, 0.3) is 5.56 Å². The molecule has 0 amide bonds. The van der Waals surface area contributed by atoms with Crippen LogP contribution in [0.25, 0.3) is 10.2 Å². The number of ether oxygens (including phenoxy) is 1. The van der Waals surface area contributed by atoms with Gasteiger partial charge >= 0.3 is 5.97 Å². The standard InChI is InChI=1S/C16H20N2O3S2/c1-3-8-21-15(20)9(2)22-16-17-13(19)12-10-6-4-5-7-11(10)23-14(12)18-16/h9H,3-8H2,1-2H3,(H,17,18,19). The molecule has 124 valence electrons. The van der Waals surface area contributed by atoms with Gasteiger partial charge in [0.2, 0.25) is 0 Å². The molecule has 0 spiro atoms. The molecule has 7 heteroatoms. The van der Waals surface area contributed by atoms with E-state index < -0.39 is 5.25 Å². The van der Waals surface area contributed by atoms with E-state index in [1.165, 1.54) is 28.6 Å². The van der Waals surface area contributed by atoms with E-state index in [1.54, 1.807) is 18.3 Å². The molecule has 3 rings (SSSR count). The summed E-state index contributed by atoms with van der Waals surface area (Å²) in [5.74, 6) is -0.273. The van der Waals surface area contributed by atoms with Gasteiger partial charge in [-0.2, -0.15) is 0 Å². The summed E-state index contributed by atoms with van der Waals surface area (Å²) in [4.78, 5) is 33.8. The molecule has 0 saturated carbocycles. The van der Waals surface area contributed by atoms with Crippen molar-refractivity contribution in [3.8, 4) is 0 Å². The number of aromatic nitrogens is 2. The molecule has 0 bridgehead atoms. The summed E-state index contributed by atoms with van der Waals surface area (Å²) in [5, 5.41) is 0.842. The van der Waals surface area contributed by atoms with Crippen LogP contribution in [0, 0.1) is 0 Å². The Morgan fingerprint density at radius 2 is 2.22 bits per heavy atom. The minimum Gasteiger partial charge on any atom is -0.465 e. The first-order valence-corrected chi connectivity index (χ1v) is 9.67. The third-order valence-electron chi connectivity index (χ3n) is 3.87. The van der Waals surface area contributed by atoms with Crippen LogP contribution < -0.4 is 5.56 Å². The molecule has 1 unspecified atom stereocenters. The molecule has 1 N–H and O–H groups in total. The fraction of sp³-hybridized carbons (Fsp3) is 0.562. The molecule has 0 saturated heterocycles. The monoisotopic (exact) mass is 352 g/mol. The van der Waals surface area contributed by atoms with Gasteiger partial charge in [-0.3, -0.25) is 9.59 Å². The molecule has 0 radical (unpaired) electrons. The molecule has 1 atom stereocenters. The van der Waals surface area contributed by atoms with Crippen molar-refractivity contribution in [3.05, 3.63) is 20.8 Å². The number of carbonyl (C=O) groups is 1. The van der Waals surface area contributed by atoms with Gasteiger partial charge in [0.1, 0.15) is 10.1 Å². The molecule has 2 heterocycles. The average Bonchev–Trinajstić information content (AvgIpc) is 2.91. The van der Waals surface area contributed by atoms with Gasteiger partial charge in [-0.05, 0) is 44.6 Å². The van der Waals surface area contributed by atoms with Crippen LogP contribution >= 0.6 is 23.1 Å². The van der Waals surface area contributed by atoms with Gasteiger partial charge in [0.05, 0.1) is 12.0 Å². The third kappa shape index (κ3) is 3.45. The lowest BCUT2D eigenvalue weighted by Gasteiger charge is -2.10. The smallest absolute Gasteiger partial charge is 0.319 e. The first-order valence-electron chi connectivity index (χ1n) is 7.98. The highest BCUT2D eigenvalue weighted by Gasteiger charge is 2.22. The van der Waals surface area contributed by atoms with E-state index in [0.717, 1.165) is 35.9 Å². The highest BCUT2D eigenvalue weighted by Crippen LogP contribution is 2.34. The third-order valence-corrected chi connectivity index (χ3v) is 6.02. The molecule has 23 heavy (non-hydrogen) atoms. The maximum atomic E-state index is 12.4. The van der Waals surface area contributed by atoms with Crippen LogP contribution in [0.5, 0.6) is 0 Å². The van der Waals surface area contributed by atoms with Crippen molar-refractivity contribution in [1.82, 2.24) is 9.97 Å². The number of nitrogens with zero attached hydrogens (tertiary/aromatic N) is 1. The number of esters is 1. The van der Waals surface area contributed by atoms with Gasteiger partial charge in [-0.15, -0.1) is 11.3 Å². The number of aryl methyl sites for hydroxylation is 2. The minimum atomic E-state index is -0.392. The van der Waals surface area contributed by atoms with Gasteiger partial charge in [-0.1, -0.05) is 18.7 Å². The van der Waals surface area contributed by atoms with Gasteiger partial charge in [0, 0.05) is 4.88 Å². The van der Waals surface area contributed by atoms with Crippen molar-refractivity contribution < 1.29 is 9.53 Å². The number of rotatable bonds is 5. The largest absolute Gasteiger partial charge is 0.465 e. The Kier molecular flexibility index (Phi) is 5.06. The molecule has 0 aromatic carbocycles. The number of thiophene rings is 1. The number of thioether (sulfide) groups is 1. The van der Waals surface area contributed by atoms with Crippen molar-refractivity contribution in [2.45, 2.75) is 56.4 Å². The molecular formula is C16H20N2O3S2. The Morgan fingerprint density at radius 3 is 3.00 bits per heavy atom. The summed E-state index contributed by atoms with van der Waals surface area (Å²) in [5.41, 5.74) is 1.09. The van der Waals surface area contributed by atoms with E-state index in [4.69, 9.17) is 4.74 Å². The van der Waals surface area contributed by atoms with E-state index in [-0.39, 0.29) is 11.5 Å². The number of hydrogen-bond donors (Lipinski definition) is 1. The molecule has 0 aliphatic heterocycles. The maximum Gasteiger partial charge on any atom is 0.319 e. The van der Waals surface area contributed by atoms with Crippen LogP contribution in [0.4, 0.5) is 0 Å². The number of fused-ring (bicyclic) bond motifs is 3. The molecule has 1 aliphatic rings. The Labute approximate surface area is 142 Å². The summed E-state index contributed by atoms with van der Waals surface area (Å²) < 4.78 is 5.13. The van der Waals surface area contributed by atoms with E-state index in [1.807, 2.05) is 6.92 Å². The zero-order valence-corrected chi connectivity index (χ0v) is 14.9. The molecule has 2 aromatic heterocycles. The van der Waals surface area contributed by atoms with Gasteiger partial charge in [0.15, 0.2) is 5.16 Å². The zero-order valence-electron chi connectivity index (χ0n) is 13.3. The Morgan fingerprint density at radius 1 is 1.43 bits per heavy atom. The number of hydrogen-bond acceptors (Lipinski definition) is 6. The lowest BCUT2D eigenvalue weighted by Crippen LogP contribution is -2.19. The second-order valence-electron chi connectivity index (χ2n) is 5.69. The maximum absolute atomic E-state index is 12.4. The summed E-state index contributed by atoms with van der Waals surface area (Å²) in [6.07, 6.45) is 5.12. The Balaban J connectivity index is 1.85. The topological polar surface area (TPSA) is 72.0 Å². The van der Waals surface area contributed by atoms with E-state index in [2.05, 4.69) is 9.97 Å². The Hall–Kier alpha value is -1.34.